The topological polar surface area (TPSA) is 78.3 Å². The molecule has 4 N–H and O–H groups in total. The Balaban J connectivity index is 3.11. The summed E-state index contributed by atoms with van der Waals surface area (Å²) in [6, 6.07) is 0. The van der Waals surface area contributed by atoms with Gasteiger partial charge < -0.3 is 16.2 Å². The van der Waals surface area contributed by atoms with Crippen molar-refractivity contribution in [1.29, 1.82) is 0 Å². The number of hydrogen-bond acceptors (Lipinski definition) is 4. The first-order valence-corrected chi connectivity index (χ1v) is 10.4. The van der Waals surface area contributed by atoms with E-state index < -0.39 is 0 Å². The predicted octanol–water partition coefficient (Wildman–Crippen LogP) is 4.69. The molecule has 0 saturated carbocycles. The molecule has 0 heterocycles. The van der Waals surface area contributed by atoms with E-state index in [1.165, 1.54) is 70.6 Å². The molecule has 0 rings (SSSR count). The fraction of sp³-hybridized carbons (Fsp3) is 0.950. The third-order valence-corrected chi connectivity index (χ3v) is 4.45. The third-order valence-electron chi connectivity index (χ3n) is 4.45. The van der Waals surface area contributed by atoms with Crippen LogP contribution in [0.3, 0.4) is 0 Å². The van der Waals surface area contributed by atoms with Gasteiger partial charge in [0.15, 0.2) is 0 Å². The SMILES string of the molecule is NCCCCCCCCCCCCOC(=O)CCCCCCCN. The highest BCUT2D eigenvalue weighted by atomic mass is 16.5. The average Bonchev–Trinajstić information content (AvgIpc) is 2.59. The molecule has 0 fully saturated rings. The number of unbranched alkanes of at least 4 members (excludes halogenated alkanes) is 13. The summed E-state index contributed by atoms with van der Waals surface area (Å²) in [4.78, 5) is 11.6. The van der Waals surface area contributed by atoms with Crippen molar-refractivity contribution >= 4 is 5.97 Å². The zero-order valence-corrected chi connectivity index (χ0v) is 15.9. The maximum atomic E-state index is 11.6. The summed E-state index contributed by atoms with van der Waals surface area (Å²) in [7, 11) is 0. The maximum absolute atomic E-state index is 11.6. The smallest absolute Gasteiger partial charge is 0.305 e. The summed E-state index contributed by atoms with van der Waals surface area (Å²) in [6.07, 6.45) is 18.7. The van der Waals surface area contributed by atoms with Crippen molar-refractivity contribution < 1.29 is 9.53 Å². The molecule has 0 spiro atoms. The highest BCUT2D eigenvalue weighted by Gasteiger charge is 2.02. The fourth-order valence-corrected chi connectivity index (χ4v) is 2.86. The second-order valence-corrected chi connectivity index (χ2v) is 6.85. The van der Waals surface area contributed by atoms with Crippen LogP contribution in [0.4, 0.5) is 0 Å². The molecule has 0 radical (unpaired) electrons. The molecule has 144 valence electrons. The van der Waals surface area contributed by atoms with Crippen molar-refractivity contribution in [3.63, 3.8) is 0 Å². The van der Waals surface area contributed by atoms with E-state index in [2.05, 4.69) is 0 Å². The Hall–Kier alpha value is -0.610. The zero-order valence-electron chi connectivity index (χ0n) is 15.9. The number of esters is 1. The minimum atomic E-state index is -0.0219. The van der Waals surface area contributed by atoms with E-state index in [9.17, 15) is 4.79 Å². The van der Waals surface area contributed by atoms with Crippen LogP contribution >= 0.6 is 0 Å². The number of rotatable bonds is 19. The highest BCUT2D eigenvalue weighted by molar-refractivity contribution is 5.69. The van der Waals surface area contributed by atoms with E-state index in [1.54, 1.807) is 0 Å². The maximum Gasteiger partial charge on any atom is 0.305 e. The van der Waals surface area contributed by atoms with E-state index in [4.69, 9.17) is 16.2 Å². The van der Waals surface area contributed by atoms with Crippen LogP contribution in [-0.2, 0) is 9.53 Å². The average molecular weight is 343 g/mol. The van der Waals surface area contributed by atoms with Crippen LogP contribution in [-0.4, -0.2) is 25.7 Å². The molecule has 24 heavy (non-hydrogen) atoms. The molecule has 0 aromatic rings. The summed E-state index contributed by atoms with van der Waals surface area (Å²) < 4.78 is 5.28. The fourth-order valence-electron chi connectivity index (χ4n) is 2.86. The third kappa shape index (κ3) is 19.4. The minimum absolute atomic E-state index is 0.0219. The van der Waals surface area contributed by atoms with E-state index >= 15 is 0 Å². The van der Waals surface area contributed by atoms with Crippen LogP contribution < -0.4 is 11.5 Å². The largest absolute Gasteiger partial charge is 0.466 e. The Labute approximate surface area is 150 Å². The predicted molar refractivity (Wildman–Crippen MR) is 103 cm³/mol. The van der Waals surface area contributed by atoms with Gasteiger partial charge in [0.1, 0.15) is 0 Å². The first-order valence-electron chi connectivity index (χ1n) is 10.4. The van der Waals surface area contributed by atoms with E-state index in [0.717, 1.165) is 38.8 Å². The van der Waals surface area contributed by atoms with Gasteiger partial charge >= 0.3 is 5.97 Å². The number of nitrogens with two attached hydrogens (primary N) is 2. The molecule has 0 unspecified atom stereocenters. The summed E-state index contributed by atoms with van der Waals surface area (Å²) in [6.45, 7) is 2.21. The van der Waals surface area contributed by atoms with Crippen LogP contribution in [0.15, 0.2) is 0 Å². The number of carbonyl (C=O) groups is 1. The molecular weight excluding hydrogens is 300 g/mol. The summed E-state index contributed by atoms with van der Waals surface area (Å²) in [5.41, 5.74) is 10.9. The normalized spacial score (nSPS) is 10.9. The van der Waals surface area contributed by atoms with Gasteiger partial charge in [-0.05, 0) is 38.8 Å². The van der Waals surface area contributed by atoms with Crippen molar-refractivity contribution in [2.45, 2.75) is 103 Å². The molecule has 0 aliphatic carbocycles. The molecule has 0 aliphatic heterocycles. The molecule has 0 atom stereocenters. The van der Waals surface area contributed by atoms with E-state index in [0.29, 0.717) is 13.0 Å². The Morgan fingerprint density at radius 2 is 0.917 bits per heavy atom. The molecule has 0 aromatic carbocycles. The van der Waals surface area contributed by atoms with Gasteiger partial charge in [0.25, 0.3) is 0 Å². The lowest BCUT2D eigenvalue weighted by atomic mass is 10.1. The first-order chi connectivity index (χ1) is 11.8. The first kappa shape index (κ1) is 23.4. The summed E-state index contributed by atoms with van der Waals surface area (Å²) in [5, 5.41) is 0. The van der Waals surface area contributed by atoms with Crippen molar-refractivity contribution in [2.24, 2.45) is 11.5 Å². The monoisotopic (exact) mass is 342 g/mol. The summed E-state index contributed by atoms with van der Waals surface area (Å²) in [5.74, 6) is -0.0219. The molecule has 4 heteroatoms. The molecule has 0 saturated heterocycles. The van der Waals surface area contributed by atoms with Gasteiger partial charge in [-0.2, -0.15) is 0 Å². The van der Waals surface area contributed by atoms with Gasteiger partial charge in [0.2, 0.25) is 0 Å². The Bertz CT molecular complexity index is 260. The summed E-state index contributed by atoms with van der Waals surface area (Å²) >= 11 is 0. The lowest BCUT2D eigenvalue weighted by Crippen LogP contribution is -2.05. The van der Waals surface area contributed by atoms with Crippen molar-refractivity contribution in [3.8, 4) is 0 Å². The molecule has 0 aliphatic rings. The van der Waals surface area contributed by atoms with E-state index in [-0.39, 0.29) is 5.97 Å². The Morgan fingerprint density at radius 1 is 0.542 bits per heavy atom. The second-order valence-electron chi connectivity index (χ2n) is 6.85. The van der Waals surface area contributed by atoms with Crippen LogP contribution in [0.1, 0.15) is 103 Å². The standard InChI is InChI=1S/C20H42N2O2/c21-17-13-9-5-3-1-2-4-6-11-15-19-24-20(23)16-12-8-7-10-14-18-22/h1-19,21-22H2. The lowest BCUT2D eigenvalue weighted by Gasteiger charge is -2.05. The van der Waals surface area contributed by atoms with Crippen LogP contribution in [0.25, 0.3) is 0 Å². The number of carbonyl (C=O) groups excluding carboxylic acids is 1. The van der Waals surface area contributed by atoms with Gasteiger partial charge in [-0.1, -0.05) is 70.6 Å². The minimum Gasteiger partial charge on any atom is -0.466 e. The highest BCUT2D eigenvalue weighted by Crippen LogP contribution is 2.11. The molecule has 0 bridgehead atoms. The van der Waals surface area contributed by atoms with Crippen LogP contribution in [0, 0.1) is 0 Å². The molecular formula is C20H42N2O2. The Morgan fingerprint density at radius 3 is 1.38 bits per heavy atom. The van der Waals surface area contributed by atoms with E-state index in [1.807, 2.05) is 0 Å². The van der Waals surface area contributed by atoms with Crippen LogP contribution in [0.2, 0.25) is 0 Å². The van der Waals surface area contributed by atoms with Gasteiger partial charge in [0.05, 0.1) is 6.61 Å². The van der Waals surface area contributed by atoms with Crippen molar-refractivity contribution in [2.75, 3.05) is 19.7 Å². The van der Waals surface area contributed by atoms with Gasteiger partial charge in [-0.3, -0.25) is 4.79 Å². The number of hydrogen-bond donors (Lipinski definition) is 2. The lowest BCUT2D eigenvalue weighted by molar-refractivity contribution is -0.143. The Kier molecular flexibility index (Phi) is 19.9. The van der Waals surface area contributed by atoms with Gasteiger partial charge in [-0.25, -0.2) is 0 Å². The van der Waals surface area contributed by atoms with Crippen molar-refractivity contribution in [3.05, 3.63) is 0 Å². The molecule has 0 amide bonds. The van der Waals surface area contributed by atoms with Crippen molar-refractivity contribution in [1.82, 2.24) is 0 Å². The quantitative estimate of drug-likeness (QED) is 0.264. The number of ether oxygens (including phenoxy) is 1. The molecule has 0 aromatic heterocycles. The van der Waals surface area contributed by atoms with Crippen LogP contribution in [0.5, 0.6) is 0 Å². The van der Waals surface area contributed by atoms with Gasteiger partial charge in [0, 0.05) is 6.42 Å². The van der Waals surface area contributed by atoms with Gasteiger partial charge in [-0.15, -0.1) is 0 Å². The molecule has 4 nitrogen and oxygen atoms in total. The second kappa shape index (κ2) is 20.4. The zero-order chi connectivity index (χ0) is 17.7.